The zero-order chi connectivity index (χ0) is 18.3. The number of hydrogen-bond acceptors (Lipinski definition) is 3. The molecule has 0 saturated heterocycles. The normalized spacial score (nSPS) is 27.3. The molecule has 0 bridgehead atoms. The Morgan fingerprint density at radius 1 is 1.31 bits per heavy atom. The first kappa shape index (κ1) is 17.6. The molecular formula is C20H20Cl2N2O2. The topological polar surface area (TPSA) is 54.6 Å². The molecule has 1 N–H and O–H groups in total. The summed E-state index contributed by atoms with van der Waals surface area (Å²) in [6, 6.07) is 8.79. The second kappa shape index (κ2) is 6.75. The van der Waals surface area contributed by atoms with Gasteiger partial charge in [0.05, 0.1) is 11.2 Å². The Morgan fingerprint density at radius 3 is 2.92 bits per heavy atom. The Bertz CT molecular complexity index is 876. The van der Waals surface area contributed by atoms with Crippen LogP contribution in [0.4, 0.5) is 0 Å². The van der Waals surface area contributed by atoms with Crippen LogP contribution in [0.3, 0.4) is 0 Å². The van der Waals surface area contributed by atoms with Gasteiger partial charge in [0.25, 0.3) is 0 Å². The third-order valence-electron chi connectivity index (χ3n) is 5.80. The fraction of sp³-hybridized carbons (Fsp3) is 0.400. The van der Waals surface area contributed by atoms with E-state index in [-0.39, 0.29) is 17.2 Å². The van der Waals surface area contributed by atoms with Gasteiger partial charge in [-0.1, -0.05) is 43.0 Å². The van der Waals surface area contributed by atoms with Crippen LogP contribution in [0.25, 0.3) is 11.3 Å². The van der Waals surface area contributed by atoms with Gasteiger partial charge < -0.3 is 4.42 Å². The van der Waals surface area contributed by atoms with Crippen molar-refractivity contribution < 1.29 is 9.21 Å². The summed E-state index contributed by atoms with van der Waals surface area (Å²) in [4.78, 5) is 12.4. The van der Waals surface area contributed by atoms with Gasteiger partial charge in [0.2, 0.25) is 5.91 Å². The number of nitrogens with zero attached hydrogens (tertiary/aromatic N) is 1. The minimum atomic E-state index is 0.0142. The Hall–Kier alpha value is -1.78. The van der Waals surface area contributed by atoms with E-state index in [0.717, 1.165) is 18.4 Å². The average molecular weight is 391 g/mol. The minimum absolute atomic E-state index is 0.0142. The van der Waals surface area contributed by atoms with Crippen LogP contribution in [-0.4, -0.2) is 12.1 Å². The van der Waals surface area contributed by atoms with E-state index in [1.54, 1.807) is 30.3 Å². The van der Waals surface area contributed by atoms with Gasteiger partial charge >= 0.3 is 0 Å². The Morgan fingerprint density at radius 2 is 2.15 bits per heavy atom. The highest BCUT2D eigenvalue weighted by Gasteiger charge is 2.64. The highest BCUT2D eigenvalue weighted by Crippen LogP contribution is 2.66. The van der Waals surface area contributed by atoms with Gasteiger partial charge in [-0.2, -0.15) is 5.10 Å². The second-order valence-corrected chi connectivity index (χ2v) is 8.24. The Labute approximate surface area is 162 Å². The lowest BCUT2D eigenvalue weighted by molar-refractivity contribution is -0.123. The predicted octanol–water partition coefficient (Wildman–Crippen LogP) is 5.53. The highest BCUT2D eigenvalue weighted by atomic mass is 35.5. The van der Waals surface area contributed by atoms with Crippen LogP contribution in [0.2, 0.25) is 10.0 Å². The van der Waals surface area contributed by atoms with Crippen molar-refractivity contribution in [2.45, 2.75) is 32.6 Å². The molecule has 26 heavy (non-hydrogen) atoms. The number of furan rings is 1. The molecule has 6 heteroatoms. The minimum Gasteiger partial charge on any atom is -0.455 e. The standard InChI is InChI=1S/C20H20Cl2N2O2/c1-20-9-3-2-4-15(20)18(20)19(25)24-23-11-13-6-8-17(26-13)14-10-12(21)5-7-16(14)22/h5-8,10-11,15,18H,2-4,9H2,1H3,(H,24,25)/b23-11-/t15-,18+,20+/m1/s1. The van der Waals surface area contributed by atoms with Crippen molar-refractivity contribution in [1.29, 1.82) is 0 Å². The number of hydrazone groups is 1. The third-order valence-corrected chi connectivity index (χ3v) is 6.37. The van der Waals surface area contributed by atoms with Crippen molar-refractivity contribution in [2.24, 2.45) is 22.4 Å². The lowest BCUT2D eigenvalue weighted by atomic mass is 9.90. The number of nitrogens with one attached hydrogen (secondary N) is 1. The molecule has 4 rings (SSSR count). The van der Waals surface area contributed by atoms with E-state index < -0.39 is 0 Å². The molecule has 1 amide bonds. The summed E-state index contributed by atoms with van der Waals surface area (Å²) in [6.45, 7) is 2.22. The maximum atomic E-state index is 12.4. The van der Waals surface area contributed by atoms with Gasteiger partial charge in [0, 0.05) is 16.5 Å². The van der Waals surface area contributed by atoms with E-state index >= 15 is 0 Å². The lowest BCUT2D eigenvalue weighted by Gasteiger charge is -2.15. The second-order valence-electron chi connectivity index (χ2n) is 7.40. The van der Waals surface area contributed by atoms with Crippen LogP contribution in [0.1, 0.15) is 38.4 Å². The van der Waals surface area contributed by atoms with Gasteiger partial charge in [0.15, 0.2) is 0 Å². The fourth-order valence-corrected chi connectivity index (χ4v) is 4.72. The quantitative estimate of drug-likeness (QED) is 0.550. The summed E-state index contributed by atoms with van der Waals surface area (Å²) >= 11 is 12.2. The average Bonchev–Trinajstić information content (AvgIpc) is 2.98. The van der Waals surface area contributed by atoms with Crippen LogP contribution in [0, 0.1) is 17.3 Å². The third kappa shape index (κ3) is 3.17. The lowest BCUT2D eigenvalue weighted by Crippen LogP contribution is -2.22. The molecule has 4 nitrogen and oxygen atoms in total. The summed E-state index contributed by atoms with van der Waals surface area (Å²) in [5, 5.41) is 5.21. The van der Waals surface area contributed by atoms with Gasteiger partial charge in [-0.05, 0) is 54.5 Å². The van der Waals surface area contributed by atoms with Crippen LogP contribution < -0.4 is 5.43 Å². The molecule has 2 aliphatic rings. The first-order chi connectivity index (χ1) is 12.5. The summed E-state index contributed by atoms with van der Waals surface area (Å²) in [7, 11) is 0. The summed E-state index contributed by atoms with van der Waals surface area (Å²) in [6.07, 6.45) is 6.26. The monoisotopic (exact) mass is 390 g/mol. The van der Waals surface area contributed by atoms with E-state index in [2.05, 4.69) is 17.5 Å². The number of benzene rings is 1. The first-order valence-corrected chi connectivity index (χ1v) is 9.63. The molecular weight excluding hydrogens is 371 g/mol. The first-order valence-electron chi connectivity index (χ1n) is 8.87. The number of carbonyl (C=O) groups is 1. The molecule has 136 valence electrons. The molecule has 0 aliphatic heterocycles. The van der Waals surface area contributed by atoms with E-state index in [1.807, 2.05) is 0 Å². The van der Waals surface area contributed by atoms with Crippen molar-refractivity contribution >= 4 is 35.3 Å². The van der Waals surface area contributed by atoms with Gasteiger partial charge in [0.1, 0.15) is 11.5 Å². The van der Waals surface area contributed by atoms with E-state index in [1.165, 1.54) is 19.1 Å². The van der Waals surface area contributed by atoms with Crippen LogP contribution in [0.15, 0.2) is 39.9 Å². The van der Waals surface area contributed by atoms with Crippen molar-refractivity contribution in [3.05, 3.63) is 46.1 Å². The number of amides is 1. The van der Waals surface area contributed by atoms with E-state index in [9.17, 15) is 4.79 Å². The molecule has 0 unspecified atom stereocenters. The van der Waals surface area contributed by atoms with E-state index in [0.29, 0.717) is 27.5 Å². The molecule has 2 aliphatic carbocycles. The summed E-state index contributed by atoms with van der Waals surface area (Å²) in [5.74, 6) is 1.77. The molecule has 1 aromatic carbocycles. The SMILES string of the molecule is C[C@]12CCCC[C@@H]1[C@H]2C(=O)N/N=C\c1ccc(-c2cc(Cl)ccc2Cl)o1. The molecule has 2 saturated carbocycles. The van der Waals surface area contributed by atoms with Crippen molar-refractivity contribution in [2.75, 3.05) is 0 Å². The van der Waals surface area contributed by atoms with Crippen LogP contribution in [-0.2, 0) is 4.79 Å². The molecule has 0 spiro atoms. The van der Waals surface area contributed by atoms with Crippen LogP contribution in [0.5, 0.6) is 0 Å². The molecule has 2 fully saturated rings. The maximum absolute atomic E-state index is 12.4. The predicted molar refractivity (Wildman–Crippen MR) is 103 cm³/mol. The fourth-order valence-electron chi connectivity index (χ4n) is 4.33. The van der Waals surface area contributed by atoms with E-state index in [4.69, 9.17) is 27.6 Å². The summed E-state index contributed by atoms with van der Waals surface area (Å²) < 4.78 is 5.73. The molecule has 0 radical (unpaired) electrons. The smallest absolute Gasteiger partial charge is 0.244 e. The Balaban J connectivity index is 1.40. The number of hydrogen-bond donors (Lipinski definition) is 1. The van der Waals surface area contributed by atoms with Crippen molar-refractivity contribution in [3.63, 3.8) is 0 Å². The summed E-state index contributed by atoms with van der Waals surface area (Å²) in [5.41, 5.74) is 3.57. The molecule has 2 aromatic rings. The maximum Gasteiger partial charge on any atom is 0.244 e. The number of halogens is 2. The number of fused-ring (bicyclic) bond motifs is 1. The molecule has 1 aromatic heterocycles. The van der Waals surface area contributed by atoms with Crippen molar-refractivity contribution in [3.8, 4) is 11.3 Å². The zero-order valence-corrected chi connectivity index (χ0v) is 16.0. The highest BCUT2D eigenvalue weighted by molar-refractivity contribution is 6.35. The molecule has 1 heterocycles. The molecule has 3 atom stereocenters. The van der Waals surface area contributed by atoms with Gasteiger partial charge in [-0.3, -0.25) is 4.79 Å². The van der Waals surface area contributed by atoms with Crippen LogP contribution >= 0.6 is 23.2 Å². The zero-order valence-electron chi connectivity index (χ0n) is 14.5. The largest absolute Gasteiger partial charge is 0.455 e. The van der Waals surface area contributed by atoms with Gasteiger partial charge in [-0.15, -0.1) is 0 Å². The van der Waals surface area contributed by atoms with Crippen molar-refractivity contribution in [1.82, 2.24) is 5.43 Å². The Kier molecular flexibility index (Phi) is 4.57. The number of carbonyl (C=O) groups excluding carboxylic acids is 1. The number of rotatable bonds is 4. The van der Waals surface area contributed by atoms with Gasteiger partial charge in [-0.25, -0.2) is 5.43 Å².